The van der Waals surface area contributed by atoms with Gasteiger partial charge in [0.1, 0.15) is 0 Å². The Kier molecular flexibility index (Phi) is 5.83. The maximum absolute atomic E-state index is 6.22. The van der Waals surface area contributed by atoms with Crippen LogP contribution < -0.4 is 5.46 Å². The summed E-state index contributed by atoms with van der Waals surface area (Å²) in [6.07, 6.45) is 4.09. The molecule has 28 heavy (non-hydrogen) atoms. The van der Waals surface area contributed by atoms with Gasteiger partial charge in [0.2, 0.25) is 0 Å². The lowest BCUT2D eigenvalue weighted by atomic mass is 9.78. The Morgan fingerprint density at radius 2 is 1.86 bits per heavy atom. The topological polar surface area (TPSA) is 59.5 Å². The highest BCUT2D eigenvalue weighted by atomic mass is 16.7. The first-order chi connectivity index (χ1) is 13.2. The Labute approximate surface area is 168 Å². The van der Waals surface area contributed by atoms with E-state index in [9.17, 15) is 0 Å². The lowest BCUT2D eigenvalue weighted by molar-refractivity contribution is 0.00578. The highest BCUT2D eigenvalue weighted by molar-refractivity contribution is 6.62. The molecule has 0 aliphatic carbocycles. The van der Waals surface area contributed by atoms with E-state index >= 15 is 0 Å². The normalized spacial score (nSPS) is 19.6. The average Bonchev–Trinajstić information content (AvgIpc) is 3.15. The molecule has 1 fully saturated rings. The van der Waals surface area contributed by atoms with Crippen LogP contribution in [0, 0.1) is 0 Å². The third kappa shape index (κ3) is 3.94. The number of benzene rings is 1. The molecule has 0 radical (unpaired) electrons. The molecule has 0 amide bonds. The van der Waals surface area contributed by atoms with E-state index in [0.29, 0.717) is 0 Å². The smallest absolute Gasteiger partial charge is 0.399 e. The fourth-order valence-electron chi connectivity index (χ4n) is 3.33. The van der Waals surface area contributed by atoms with Crippen molar-refractivity contribution in [1.29, 1.82) is 0 Å². The van der Waals surface area contributed by atoms with Crippen molar-refractivity contribution in [3.63, 3.8) is 0 Å². The van der Waals surface area contributed by atoms with Gasteiger partial charge in [0.05, 0.1) is 22.4 Å². The lowest BCUT2D eigenvalue weighted by Crippen LogP contribution is -2.41. The van der Waals surface area contributed by atoms with Crippen molar-refractivity contribution in [2.24, 2.45) is 4.99 Å². The molecule has 6 heteroatoms. The van der Waals surface area contributed by atoms with Crippen molar-refractivity contribution in [3.8, 4) is 0 Å². The summed E-state index contributed by atoms with van der Waals surface area (Å²) in [5.41, 5.74) is 4.51. The van der Waals surface area contributed by atoms with Crippen LogP contribution in [-0.2, 0) is 9.31 Å². The van der Waals surface area contributed by atoms with Crippen molar-refractivity contribution in [3.05, 3.63) is 30.0 Å². The van der Waals surface area contributed by atoms with E-state index in [1.54, 1.807) is 0 Å². The zero-order chi connectivity index (χ0) is 20.5. The molecule has 0 bridgehead atoms. The van der Waals surface area contributed by atoms with Gasteiger partial charge in [-0.15, -0.1) is 0 Å². The molecule has 2 aromatic rings. The van der Waals surface area contributed by atoms with Gasteiger partial charge in [0, 0.05) is 17.6 Å². The number of allylic oxidation sites excluding steroid dienone is 2. The number of aromatic nitrogens is 2. The van der Waals surface area contributed by atoms with Crippen LogP contribution in [0.1, 0.15) is 67.0 Å². The maximum Gasteiger partial charge on any atom is 0.494 e. The third-order valence-electron chi connectivity index (χ3n) is 5.77. The van der Waals surface area contributed by atoms with E-state index < -0.39 is 0 Å². The molecule has 1 aromatic carbocycles. The van der Waals surface area contributed by atoms with Crippen LogP contribution >= 0.6 is 0 Å². The van der Waals surface area contributed by atoms with Crippen molar-refractivity contribution in [2.75, 3.05) is 6.54 Å². The maximum atomic E-state index is 6.22. The minimum Gasteiger partial charge on any atom is -0.399 e. The van der Waals surface area contributed by atoms with Gasteiger partial charge in [0.15, 0.2) is 0 Å². The van der Waals surface area contributed by atoms with Crippen LogP contribution in [0.5, 0.6) is 0 Å². The molecule has 1 aliphatic heterocycles. The predicted octanol–water partition coefficient (Wildman–Crippen LogP) is 4.53. The quantitative estimate of drug-likeness (QED) is 0.591. The molecule has 0 atom stereocenters. The van der Waals surface area contributed by atoms with Crippen molar-refractivity contribution < 1.29 is 9.31 Å². The molecule has 2 heterocycles. The van der Waals surface area contributed by atoms with E-state index in [2.05, 4.69) is 87.9 Å². The molecular weight excluding hydrogens is 349 g/mol. The standard InChI is InChI=1S/C22H32BN3O2/c1-8-12-24-15(3)13-16(9-2)20-18-14-17(10-11-19(18)25-26-20)23-27-21(4,5)22(6,7)28-23/h10-11,13-14H,8-9,12H2,1-7H3,(H,25,26)/b16-13+,24-15?. The Morgan fingerprint density at radius 1 is 1.18 bits per heavy atom. The minimum absolute atomic E-state index is 0.354. The lowest BCUT2D eigenvalue weighted by Gasteiger charge is -2.32. The van der Waals surface area contributed by atoms with Crippen LogP contribution in [0.3, 0.4) is 0 Å². The second-order valence-corrected chi connectivity index (χ2v) is 8.51. The van der Waals surface area contributed by atoms with E-state index in [4.69, 9.17) is 9.31 Å². The third-order valence-corrected chi connectivity index (χ3v) is 5.77. The number of aromatic amines is 1. The molecule has 0 saturated carbocycles. The summed E-state index contributed by atoms with van der Waals surface area (Å²) in [4.78, 5) is 4.60. The fourth-order valence-corrected chi connectivity index (χ4v) is 3.33. The van der Waals surface area contributed by atoms with Gasteiger partial charge >= 0.3 is 7.12 Å². The van der Waals surface area contributed by atoms with E-state index in [0.717, 1.165) is 47.2 Å². The first-order valence-corrected chi connectivity index (χ1v) is 10.2. The van der Waals surface area contributed by atoms with Crippen LogP contribution in [0.4, 0.5) is 0 Å². The first kappa shape index (κ1) is 20.8. The van der Waals surface area contributed by atoms with Gasteiger partial charge in [-0.3, -0.25) is 10.1 Å². The molecule has 150 valence electrons. The average molecular weight is 381 g/mol. The summed E-state index contributed by atoms with van der Waals surface area (Å²) < 4.78 is 12.4. The van der Waals surface area contributed by atoms with Crippen LogP contribution in [-0.4, -0.2) is 40.8 Å². The van der Waals surface area contributed by atoms with Crippen molar-refractivity contribution in [1.82, 2.24) is 10.2 Å². The molecule has 1 N–H and O–H groups in total. The number of rotatable bonds is 6. The Morgan fingerprint density at radius 3 is 2.46 bits per heavy atom. The van der Waals surface area contributed by atoms with Gasteiger partial charge in [-0.1, -0.05) is 26.0 Å². The zero-order valence-corrected chi connectivity index (χ0v) is 18.2. The summed E-state index contributed by atoms with van der Waals surface area (Å²) in [7, 11) is -0.376. The Hall–Kier alpha value is -1.92. The number of nitrogens with one attached hydrogen (secondary N) is 1. The highest BCUT2D eigenvalue weighted by Gasteiger charge is 2.51. The highest BCUT2D eigenvalue weighted by Crippen LogP contribution is 2.36. The Balaban J connectivity index is 1.98. The second kappa shape index (κ2) is 7.84. The molecule has 0 spiro atoms. The van der Waals surface area contributed by atoms with E-state index in [1.807, 2.05) is 0 Å². The summed E-state index contributed by atoms with van der Waals surface area (Å²) >= 11 is 0. The van der Waals surface area contributed by atoms with Crippen LogP contribution in [0.2, 0.25) is 0 Å². The molecule has 5 nitrogen and oxygen atoms in total. The predicted molar refractivity (Wildman–Crippen MR) is 118 cm³/mol. The number of aliphatic imine (C=N–C) groups is 1. The molecule has 3 rings (SSSR count). The van der Waals surface area contributed by atoms with Crippen molar-refractivity contribution >= 4 is 34.8 Å². The van der Waals surface area contributed by atoms with E-state index in [-0.39, 0.29) is 18.3 Å². The number of nitrogens with zero attached hydrogens (tertiary/aromatic N) is 2. The van der Waals surface area contributed by atoms with Crippen LogP contribution in [0.15, 0.2) is 29.3 Å². The van der Waals surface area contributed by atoms with Crippen molar-refractivity contribution in [2.45, 2.75) is 72.5 Å². The van der Waals surface area contributed by atoms with Gasteiger partial charge in [0.25, 0.3) is 0 Å². The van der Waals surface area contributed by atoms with Gasteiger partial charge in [-0.25, -0.2) is 0 Å². The molecule has 1 aliphatic rings. The largest absolute Gasteiger partial charge is 0.494 e. The first-order valence-electron chi connectivity index (χ1n) is 10.2. The summed E-state index contributed by atoms with van der Waals surface area (Å²) in [5, 5.41) is 8.84. The number of hydrogen-bond donors (Lipinski definition) is 1. The summed E-state index contributed by atoms with van der Waals surface area (Å²) in [5.74, 6) is 0. The summed E-state index contributed by atoms with van der Waals surface area (Å²) in [6.45, 7) is 15.5. The number of fused-ring (bicyclic) bond motifs is 1. The molecule has 1 saturated heterocycles. The monoisotopic (exact) mass is 381 g/mol. The summed E-state index contributed by atoms with van der Waals surface area (Å²) in [6, 6.07) is 6.24. The fraction of sp³-hybridized carbons (Fsp3) is 0.545. The van der Waals surface area contributed by atoms with Gasteiger partial charge in [-0.2, -0.15) is 5.10 Å². The minimum atomic E-state index is -0.376. The Bertz CT molecular complexity index is 896. The van der Waals surface area contributed by atoms with Gasteiger partial charge < -0.3 is 9.31 Å². The van der Waals surface area contributed by atoms with E-state index in [1.165, 1.54) is 5.57 Å². The number of hydrogen-bond acceptors (Lipinski definition) is 4. The molecule has 0 unspecified atom stereocenters. The SMILES string of the molecule is CCCN=C(C)/C=C(\CC)c1n[nH]c2ccc(B3OC(C)(C)C(C)(C)O3)cc12. The number of H-pyrrole nitrogens is 1. The molecule has 1 aromatic heterocycles. The van der Waals surface area contributed by atoms with Gasteiger partial charge in [-0.05, 0) is 70.6 Å². The van der Waals surface area contributed by atoms with Crippen LogP contribution in [0.25, 0.3) is 16.5 Å². The second-order valence-electron chi connectivity index (χ2n) is 8.51. The zero-order valence-electron chi connectivity index (χ0n) is 18.2. The molecular formula is C22H32BN3O2.